The van der Waals surface area contributed by atoms with E-state index in [1.165, 1.54) is 10.8 Å². The standard InChI is InChI=1S/C16H12N4/c17-15-8-9-16-18-10-14(20(16)19-15)13-7-3-5-11-4-1-2-6-12(11)13/h1-10H,(H2,17,19). The predicted molar refractivity (Wildman–Crippen MR) is 80.3 cm³/mol. The Morgan fingerprint density at radius 2 is 1.75 bits per heavy atom. The molecule has 0 aliphatic carbocycles. The van der Waals surface area contributed by atoms with Crippen molar-refractivity contribution < 1.29 is 0 Å². The fourth-order valence-electron chi connectivity index (χ4n) is 2.52. The molecule has 2 aromatic heterocycles. The highest BCUT2D eigenvalue weighted by Crippen LogP contribution is 2.28. The van der Waals surface area contributed by atoms with E-state index in [-0.39, 0.29) is 0 Å². The van der Waals surface area contributed by atoms with Crippen LogP contribution in [-0.2, 0) is 0 Å². The summed E-state index contributed by atoms with van der Waals surface area (Å²) in [5.74, 6) is 0.483. The van der Waals surface area contributed by atoms with E-state index < -0.39 is 0 Å². The van der Waals surface area contributed by atoms with Gasteiger partial charge in [-0.25, -0.2) is 9.50 Å². The summed E-state index contributed by atoms with van der Waals surface area (Å²) in [7, 11) is 0. The van der Waals surface area contributed by atoms with Crippen molar-refractivity contribution in [3.8, 4) is 11.3 Å². The van der Waals surface area contributed by atoms with Crippen LogP contribution in [0, 0.1) is 0 Å². The van der Waals surface area contributed by atoms with Crippen molar-refractivity contribution in [2.24, 2.45) is 0 Å². The zero-order valence-corrected chi connectivity index (χ0v) is 10.7. The molecule has 4 nitrogen and oxygen atoms in total. The highest BCUT2D eigenvalue weighted by molar-refractivity contribution is 5.96. The van der Waals surface area contributed by atoms with Crippen LogP contribution in [-0.4, -0.2) is 14.6 Å². The van der Waals surface area contributed by atoms with E-state index in [2.05, 4.69) is 34.3 Å². The quantitative estimate of drug-likeness (QED) is 0.572. The summed E-state index contributed by atoms with van der Waals surface area (Å²) in [6, 6.07) is 18.1. The Balaban J connectivity index is 2.09. The van der Waals surface area contributed by atoms with Crippen LogP contribution in [0.2, 0.25) is 0 Å². The molecule has 4 rings (SSSR count). The zero-order valence-electron chi connectivity index (χ0n) is 10.7. The summed E-state index contributed by atoms with van der Waals surface area (Å²) < 4.78 is 1.79. The van der Waals surface area contributed by atoms with Crippen molar-refractivity contribution in [1.29, 1.82) is 0 Å². The first-order valence-electron chi connectivity index (χ1n) is 6.41. The second-order valence-corrected chi connectivity index (χ2v) is 4.70. The van der Waals surface area contributed by atoms with Crippen LogP contribution >= 0.6 is 0 Å². The minimum absolute atomic E-state index is 0.483. The maximum atomic E-state index is 5.78. The van der Waals surface area contributed by atoms with Crippen LogP contribution in [0.5, 0.6) is 0 Å². The number of rotatable bonds is 1. The minimum atomic E-state index is 0.483. The third-order valence-corrected chi connectivity index (χ3v) is 3.45. The van der Waals surface area contributed by atoms with Gasteiger partial charge in [-0.05, 0) is 22.9 Å². The van der Waals surface area contributed by atoms with Gasteiger partial charge in [0.05, 0.1) is 11.9 Å². The molecule has 96 valence electrons. The number of hydrogen-bond acceptors (Lipinski definition) is 3. The van der Waals surface area contributed by atoms with Crippen LogP contribution in [0.25, 0.3) is 27.7 Å². The maximum absolute atomic E-state index is 5.78. The van der Waals surface area contributed by atoms with E-state index in [0.29, 0.717) is 5.82 Å². The predicted octanol–water partition coefficient (Wildman–Crippen LogP) is 3.13. The van der Waals surface area contributed by atoms with Crippen molar-refractivity contribution >= 4 is 22.2 Å². The average molecular weight is 260 g/mol. The van der Waals surface area contributed by atoms with Crippen LogP contribution in [0.1, 0.15) is 0 Å². The normalized spacial score (nSPS) is 11.2. The van der Waals surface area contributed by atoms with Crippen molar-refractivity contribution in [3.63, 3.8) is 0 Å². The van der Waals surface area contributed by atoms with Gasteiger partial charge in [-0.15, -0.1) is 5.10 Å². The first-order chi connectivity index (χ1) is 9.83. The molecule has 20 heavy (non-hydrogen) atoms. The summed E-state index contributed by atoms with van der Waals surface area (Å²) in [5.41, 5.74) is 8.63. The van der Waals surface area contributed by atoms with Gasteiger partial charge in [-0.1, -0.05) is 42.5 Å². The van der Waals surface area contributed by atoms with E-state index >= 15 is 0 Å². The summed E-state index contributed by atoms with van der Waals surface area (Å²) in [5, 5.41) is 6.73. The number of fused-ring (bicyclic) bond motifs is 2. The molecule has 2 N–H and O–H groups in total. The largest absolute Gasteiger partial charge is 0.382 e. The fourth-order valence-corrected chi connectivity index (χ4v) is 2.52. The van der Waals surface area contributed by atoms with E-state index in [9.17, 15) is 0 Å². The van der Waals surface area contributed by atoms with Crippen LogP contribution in [0.4, 0.5) is 5.82 Å². The van der Waals surface area contributed by atoms with Gasteiger partial charge in [0.2, 0.25) is 0 Å². The molecular weight excluding hydrogens is 248 g/mol. The van der Waals surface area contributed by atoms with E-state index in [0.717, 1.165) is 16.9 Å². The molecule has 0 atom stereocenters. The molecule has 0 radical (unpaired) electrons. The highest BCUT2D eigenvalue weighted by Gasteiger charge is 2.10. The van der Waals surface area contributed by atoms with Crippen LogP contribution in [0.3, 0.4) is 0 Å². The number of nitrogens with zero attached hydrogens (tertiary/aromatic N) is 3. The van der Waals surface area contributed by atoms with Crippen molar-refractivity contribution in [2.75, 3.05) is 5.73 Å². The molecule has 4 aromatic rings. The van der Waals surface area contributed by atoms with Gasteiger partial charge < -0.3 is 5.73 Å². The van der Waals surface area contributed by atoms with E-state index in [1.54, 1.807) is 10.6 Å². The number of imidazole rings is 1. The number of nitrogen functional groups attached to an aromatic ring is 1. The first-order valence-corrected chi connectivity index (χ1v) is 6.41. The van der Waals surface area contributed by atoms with E-state index in [4.69, 9.17) is 5.73 Å². The molecular formula is C16H12N4. The molecule has 0 fully saturated rings. The fraction of sp³-hybridized carbons (Fsp3) is 0. The van der Waals surface area contributed by atoms with Crippen LogP contribution < -0.4 is 5.73 Å². The lowest BCUT2D eigenvalue weighted by atomic mass is 10.0. The SMILES string of the molecule is Nc1ccc2ncc(-c3cccc4ccccc34)n2n1. The van der Waals surface area contributed by atoms with Gasteiger partial charge in [0.1, 0.15) is 5.82 Å². The Bertz CT molecular complexity index is 919. The monoisotopic (exact) mass is 260 g/mol. The lowest BCUT2D eigenvalue weighted by Crippen LogP contribution is -1.99. The van der Waals surface area contributed by atoms with Gasteiger partial charge in [0.25, 0.3) is 0 Å². The third-order valence-electron chi connectivity index (χ3n) is 3.45. The Kier molecular flexibility index (Phi) is 2.23. The van der Waals surface area contributed by atoms with Crippen LogP contribution in [0.15, 0.2) is 60.8 Å². The molecule has 4 heteroatoms. The van der Waals surface area contributed by atoms with Gasteiger partial charge in [0, 0.05) is 5.56 Å². The molecule has 2 aromatic carbocycles. The second-order valence-electron chi connectivity index (χ2n) is 4.70. The molecule has 0 amide bonds. The Labute approximate surface area is 115 Å². The van der Waals surface area contributed by atoms with Crippen molar-refractivity contribution in [2.45, 2.75) is 0 Å². The van der Waals surface area contributed by atoms with Gasteiger partial charge in [0.15, 0.2) is 5.65 Å². The molecule has 0 unspecified atom stereocenters. The van der Waals surface area contributed by atoms with E-state index in [1.807, 2.05) is 30.5 Å². The Morgan fingerprint density at radius 3 is 2.70 bits per heavy atom. The van der Waals surface area contributed by atoms with Gasteiger partial charge in [-0.3, -0.25) is 0 Å². The number of nitrogens with two attached hydrogens (primary N) is 1. The molecule has 2 heterocycles. The highest BCUT2D eigenvalue weighted by atomic mass is 15.3. The minimum Gasteiger partial charge on any atom is -0.382 e. The van der Waals surface area contributed by atoms with Crippen molar-refractivity contribution in [3.05, 3.63) is 60.8 Å². The summed E-state index contributed by atoms with van der Waals surface area (Å²) in [4.78, 5) is 4.39. The van der Waals surface area contributed by atoms with Crippen molar-refractivity contribution in [1.82, 2.24) is 14.6 Å². The molecule has 0 saturated carbocycles. The lowest BCUT2D eigenvalue weighted by molar-refractivity contribution is 0.953. The Hall–Kier alpha value is -2.88. The lowest BCUT2D eigenvalue weighted by Gasteiger charge is -2.06. The second kappa shape index (κ2) is 4.06. The van der Waals surface area contributed by atoms with Gasteiger partial charge in [-0.2, -0.15) is 0 Å². The molecule has 0 aliphatic rings. The topological polar surface area (TPSA) is 56.2 Å². The Morgan fingerprint density at radius 1 is 0.900 bits per heavy atom. The molecule has 0 bridgehead atoms. The number of anilines is 1. The average Bonchev–Trinajstić information content (AvgIpc) is 2.89. The number of aromatic nitrogens is 3. The first kappa shape index (κ1) is 11.0. The molecule has 0 spiro atoms. The summed E-state index contributed by atoms with van der Waals surface area (Å²) in [6.07, 6.45) is 1.84. The smallest absolute Gasteiger partial charge is 0.154 e. The number of hydrogen-bond donors (Lipinski definition) is 1. The molecule has 0 aliphatic heterocycles. The summed E-state index contributed by atoms with van der Waals surface area (Å²) in [6.45, 7) is 0. The third kappa shape index (κ3) is 1.55. The van der Waals surface area contributed by atoms with Gasteiger partial charge >= 0.3 is 0 Å². The number of benzene rings is 2. The molecule has 0 saturated heterocycles. The zero-order chi connectivity index (χ0) is 13.5. The summed E-state index contributed by atoms with van der Waals surface area (Å²) >= 11 is 0. The maximum Gasteiger partial charge on any atom is 0.154 e.